The van der Waals surface area contributed by atoms with Crippen LogP contribution in [0.15, 0.2) is 58.4 Å². The standard InChI is InChI=1S/C19H17N3O4S/c1-20-19-21(2)18(23)17(27-19)11-14-7-3-4-9-16(14)26-12-13-6-5-8-15(10-13)22(24)25/h3-11H,12H2,1-2H3/b17-11+,20-19?. The van der Waals surface area contributed by atoms with E-state index < -0.39 is 4.92 Å². The highest BCUT2D eigenvalue weighted by molar-refractivity contribution is 8.18. The molecule has 1 amide bonds. The van der Waals surface area contributed by atoms with Crippen molar-refractivity contribution in [2.75, 3.05) is 14.1 Å². The Hall–Kier alpha value is -3.13. The first-order chi connectivity index (χ1) is 13.0. The van der Waals surface area contributed by atoms with Gasteiger partial charge in [0.1, 0.15) is 12.4 Å². The number of carbonyl (C=O) groups excluding carboxylic acids is 1. The number of nitro benzene ring substituents is 1. The number of hydrogen-bond donors (Lipinski definition) is 0. The summed E-state index contributed by atoms with van der Waals surface area (Å²) in [6, 6.07) is 13.7. The minimum atomic E-state index is -0.436. The predicted molar refractivity (Wildman–Crippen MR) is 106 cm³/mol. The van der Waals surface area contributed by atoms with Crippen molar-refractivity contribution >= 4 is 34.6 Å². The lowest BCUT2D eigenvalue weighted by atomic mass is 10.1. The van der Waals surface area contributed by atoms with Crippen molar-refractivity contribution in [3.8, 4) is 5.75 Å². The third-order valence-corrected chi connectivity index (χ3v) is 5.07. The third-order valence-electron chi connectivity index (χ3n) is 3.92. The minimum Gasteiger partial charge on any atom is -0.488 e. The van der Waals surface area contributed by atoms with Crippen LogP contribution < -0.4 is 4.74 Å². The van der Waals surface area contributed by atoms with Gasteiger partial charge in [-0.05, 0) is 29.5 Å². The van der Waals surface area contributed by atoms with Crippen molar-refractivity contribution < 1.29 is 14.5 Å². The van der Waals surface area contributed by atoms with Crippen LogP contribution in [0, 0.1) is 10.1 Å². The lowest BCUT2D eigenvalue weighted by molar-refractivity contribution is -0.384. The fraction of sp³-hybridized carbons (Fsp3) is 0.158. The monoisotopic (exact) mass is 383 g/mol. The third kappa shape index (κ3) is 4.17. The van der Waals surface area contributed by atoms with Crippen LogP contribution in [0.3, 0.4) is 0 Å². The van der Waals surface area contributed by atoms with Gasteiger partial charge in [-0.1, -0.05) is 30.3 Å². The Morgan fingerprint density at radius 3 is 2.74 bits per heavy atom. The van der Waals surface area contributed by atoms with Gasteiger partial charge < -0.3 is 4.74 Å². The largest absolute Gasteiger partial charge is 0.488 e. The van der Waals surface area contributed by atoms with Crippen LogP contribution in [0.5, 0.6) is 5.75 Å². The van der Waals surface area contributed by atoms with Gasteiger partial charge in [-0.2, -0.15) is 0 Å². The first kappa shape index (κ1) is 18.7. The molecule has 0 unspecified atom stereocenters. The summed E-state index contributed by atoms with van der Waals surface area (Å²) in [6.45, 7) is 0.185. The lowest BCUT2D eigenvalue weighted by Crippen LogP contribution is -2.23. The van der Waals surface area contributed by atoms with Gasteiger partial charge in [0.2, 0.25) is 0 Å². The zero-order chi connectivity index (χ0) is 19.4. The van der Waals surface area contributed by atoms with Crippen molar-refractivity contribution in [1.82, 2.24) is 4.90 Å². The Kier molecular flexibility index (Phi) is 5.56. The van der Waals surface area contributed by atoms with Crippen molar-refractivity contribution in [3.63, 3.8) is 0 Å². The summed E-state index contributed by atoms with van der Waals surface area (Å²) in [5.41, 5.74) is 1.47. The van der Waals surface area contributed by atoms with Gasteiger partial charge in [0, 0.05) is 31.8 Å². The Bertz CT molecular complexity index is 955. The molecule has 1 saturated heterocycles. The maximum Gasteiger partial charge on any atom is 0.269 e. The van der Waals surface area contributed by atoms with Gasteiger partial charge in [-0.25, -0.2) is 0 Å². The lowest BCUT2D eigenvalue weighted by Gasteiger charge is -2.09. The second-order valence-electron chi connectivity index (χ2n) is 5.73. The Morgan fingerprint density at radius 1 is 1.26 bits per heavy atom. The summed E-state index contributed by atoms with van der Waals surface area (Å²) < 4.78 is 5.85. The SMILES string of the molecule is CN=C1S/C(=C/c2ccccc2OCc2cccc([N+](=O)[O-])c2)C(=O)N1C. The number of nitrogens with zero attached hydrogens (tertiary/aromatic N) is 3. The Balaban J connectivity index is 1.81. The number of para-hydroxylation sites is 1. The minimum absolute atomic E-state index is 0.0221. The highest BCUT2D eigenvalue weighted by atomic mass is 32.2. The zero-order valence-corrected chi connectivity index (χ0v) is 15.6. The zero-order valence-electron chi connectivity index (χ0n) is 14.8. The van der Waals surface area contributed by atoms with Crippen LogP contribution in [-0.2, 0) is 11.4 Å². The number of amidine groups is 1. The van der Waals surface area contributed by atoms with Crippen molar-refractivity contribution in [3.05, 3.63) is 74.7 Å². The van der Waals surface area contributed by atoms with E-state index in [9.17, 15) is 14.9 Å². The van der Waals surface area contributed by atoms with E-state index in [2.05, 4.69) is 4.99 Å². The topological polar surface area (TPSA) is 85.0 Å². The van der Waals surface area contributed by atoms with Crippen molar-refractivity contribution in [2.45, 2.75) is 6.61 Å². The van der Waals surface area contributed by atoms with Crippen molar-refractivity contribution in [2.24, 2.45) is 4.99 Å². The molecule has 2 aromatic carbocycles. The van der Waals surface area contributed by atoms with E-state index >= 15 is 0 Å². The van der Waals surface area contributed by atoms with Crippen LogP contribution in [-0.4, -0.2) is 35.0 Å². The van der Waals surface area contributed by atoms with E-state index in [1.54, 1.807) is 38.4 Å². The number of hydrogen-bond acceptors (Lipinski definition) is 6. The molecule has 0 spiro atoms. The molecule has 7 nitrogen and oxygen atoms in total. The fourth-order valence-electron chi connectivity index (χ4n) is 2.54. The molecule has 0 saturated carbocycles. The first-order valence-corrected chi connectivity index (χ1v) is 8.91. The fourth-order valence-corrected chi connectivity index (χ4v) is 3.46. The summed E-state index contributed by atoms with van der Waals surface area (Å²) in [4.78, 5) is 28.9. The molecule has 1 fully saturated rings. The maximum atomic E-state index is 12.3. The molecule has 0 aliphatic carbocycles. The van der Waals surface area contributed by atoms with Gasteiger partial charge in [-0.15, -0.1) is 0 Å². The van der Waals surface area contributed by atoms with Gasteiger partial charge in [0.15, 0.2) is 5.17 Å². The smallest absolute Gasteiger partial charge is 0.269 e. The van der Waals surface area contributed by atoms with Crippen LogP contribution in [0.4, 0.5) is 5.69 Å². The second-order valence-corrected chi connectivity index (χ2v) is 6.74. The molecule has 1 aliphatic rings. The molecular weight excluding hydrogens is 366 g/mol. The van der Waals surface area contributed by atoms with E-state index in [1.807, 2.05) is 18.2 Å². The number of rotatable bonds is 5. The number of aliphatic imine (C=N–C) groups is 1. The molecule has 1 aliphatic heterocycles. The number of nitro groups is 1. The molecule has 0 N–H and O–H groups in total. The molecular formula is C19H17N3O4S. The Labute approximate surface area is 160 Å². The number of carbonyl (C=O) groups is 1. The average molecular weight is 383 g/mol. The summed E-state index contributed by atoms with van der Waals surface area (Å²) in [7, 11) is 3.33. The first-order valence-electron chi connectivity index (χ1n) is 8.09. The van der Waals surface area contributed by atoms with Crippen LogP contribution in [0.1, 0.15) is 11.1 Å². The van der Waals surface area contributed by atoms with Crippen LogP contribution >= 0.6 is 11.8 Å². The quantitative estimate of drug-likeness (QED) is 0.446. The normalized spacial score (nSPS) is 17.0. The molecule has 0 atom stereocenters. The number of benzene rings is 2. The van der Waals surface area contributed by atoms with Crippen LogP contribution in [0.25, 0.3) is 6.08 Å². The second kappa shape index (κ2) is 8.05. The van der Waals surface area contributed by atoms with Gasteiger partial charge in [-0.3, -0.25) is 24.8 Å². The predicted octanol–water partition coefficient (Wildman–Crippen LogP) is 3.71. The van der Waals surface area contributed by atoms with E-state index in [-0.39, 0.29) is 18.2 Å². The van der Waals surface area contributed by atoms with Gasteiger partial charge in [0.25, 0.3) is 11.6 Å². The highest BCUT2D eigenvalue weighted by Gasteiger charge is 2.29. The van der Waals surface area contributed by atoms with E-state index in [0.717, 1.165) is 5.56 Å². The summed E-state index contributed by atoms with van der Waals surface area (Å²) >= 11 is 1.31. The number of amides is 1. The highest BCUT2D eigenvalue weighted by Crippen LogP contribution is 2.33. The van der Waals surface area contributed by atoms with Crippen LogP contribution in [0.2, 0.25) is 0 Å². The number of thioether (sulfide) groups is 1. The van der Waals surface area contributed by atoms with E-state index in [4.69, 9.17) is 4.74 Å². The average Bonchev–Trinajstić information content (AvgIpc) is 2.95. The number of ether oxygens (including phenoxy) is 1. The molecule has 0 radical (unpaired) electrons. The van der Waals surface area contributed by atoms with E-state index in [0.29, 0.717) is 21.4 Å². The summed E-state index contributed by atoms with van der Waals surface area (Å²) in [5, 5.41) is 11.5. The maximum absolute atomic E-state index is 12.3. The summed E-state index contributed by atoms with van der Waals surface area (Å²) in [5.74, 6) is 0.475. The number of non-ortho nitro benzene ring substituents is 1. The molecule has 0 bridgehead atoms. The van der Waals surface area contributed by atoms with Crippen molar-refractivity contribution in [1.29, 1.82) is 0 Å². The van der Waals surface area contributed by atoms with Gasteiger partial charge >= 0.3 is 0 Å². The molecule has 138 valence electrons. The molecule has 0 aromatic heterocycles. The summed E-state index contributed by atoms with van der Waals surface area (Å²) in [6.07, 6.45) is 1.77. The van der Waals surface area contributed by atoms with E-state index in [1.165, 1.54) is 28.8 Å². The molecule has 2 aromatic rings. The number of likely N-dealkylation sites (N-methyl/N-ethyl adjacent to an activating group) is 1. The molecule has 1 heterocycles. The Morgan fingerprint density at radius 2 is 2.04 bits per heavy atom. The van der Waals surface area contributed by atoms with Gasteiger partial charge in [0.05, 0.1) is 9.83 Å². The molecule has 3 rings (SSSR count). The molecule has 27 heavy (non-hydrogen) atoms. The molecule has 8 heteroatoms.